The fraction of sp³-hybridized carbons (Fsp3) is 0.583. The van der Waals surface area contributed by atoms with Gasteiger partial charge in [-0.05, 0) is 96.9 Å². The highest BCUT2D eigenvalue weighted by atomic mass is 16.7. The second kappa shape index (κ2) is 12.1. The van der Waals surface area contributed by atoms with Gasteiger partial charge in [0, 0.05) is 24.2 Å². The van der Waals surface area contributed by atoms with Crippen molar-refractivity contribution in [2.45, 2.75) is 90.9 Å². The maximum atomic E-state index is 13.7. The van der Waals surface area contributed by atoms with Crippen molar-refractivity contribution in [3.63, 3.8) is 0 Å². The maximum Gasteiger partial charge on any atom is 0.254 e. The SMILES string of the molecule is CCC(C)(C)c1ccc(OCCCCN(CC2CC3C=CC2C3)C(=O)c2ccc3c(c2)OCO3)c(C(C)(C)CC)c1. The van der Waals surface area contributed by atoms with Gasteiger partial charge in [-0.25, -0.2) is 0 Å². The van der Waals surface area contributed by atoms with Crippen LogP contribution in [0.1, 0.15) is 102 Å². The van der Waals surface area contributed by atoms with Gasteiger partial charge in [-0.15, -0.1) is 0 Å². The monoisotopic (exact) mass is 559 g/mol. The molecule has 41 heavy (non-hydrogen) atoms. The van der Waals surface area contributed by atoms with E-state index in [2.05, 4.69) is 76.8 Å². The molecule has 1 heterocycles. The number of fused-ring (bicyclic) bond motifs is 3. The standard InChI is InChI=1S/C36H49NO4/c1-7-35(3,4)29-14-16-31(30(22-29)36(5,6)8-2)39-18-10-9-17-37(23-28-20-25-11-12-26(28)19-25)34(38)27-13-15-32-33(21-27)41-24-40-32/h11-16,21-22,25-26,28H,7-10,17-20,23-24H2,1-6H3. The average Bonchev–Trinajstić information content (AvgIpc) is 3.73. The summed E-state index contributed by atoms with van der Waals surface area (Å²) in [4.78, 5) is 15.8. The van der Waals surface area contributed by atoms with Crippen LogP contribution in [-0.4, -0.2) is 37.3 Å². The number of carbonyl (C=O) groups is 1. The smallest absolute Gasteiger partial charge is 0.254 e. The third kappa shape index (κ3) is 6.44. The molecule has 5 heteroatoms. The van der Waals surface area contributed by atoms with Gasteiger partial charge in [-0.3, -0.25) is 4.79 Å². The Morgan fingerprint density at radius 3 is 2.41 bits per heavy atom. The van der Waals surface area contributed by atoms with Gasteiger partial charge in [0.15, 0.2) is 11.5 Å². The number of amides is 1. The van der Waals surface area contributed by atoms with Crippen LogP contribution >= 0.6 is 0 Å². The average molecular weight is 560 g/mol. The fourth-order valence-corrected chi connectivity index (χ4v) is 6.46. The van der Waals surface area contributed by atoms with Crippen molar-refractivity contribution < 1.29 is 19.0 Å². The first-order chi connectivity index (χ1) is 19.6. The predicted molar refractivity (Wildman–Crippen MR) is 165 cm³/mol. The number of nitrogens with zero attached hydrogens (tertiary/aromatic N) is 1. The van der Waals surface area contributed by atoms with Crippen LogP contribution in [0.2, 0.25) is 0 Å². The normalized spacial score (nSPS) is 21.0. The van der Waals surface area contributed by atoms with E-state index in [4.69, 9.17) is 14.2 Å². The van der Waals surface area contributed by atoms with E-state index in [1.54, 1.807) is 0 Å². The summed E-state index contributed by atoms with van der Waals surface area (Å²) in [7, 11) is 0. The topological polar surface area (TPSA) is 48.0 Å². The molecule has 1 saturated carbocycles. The molecule has 3 aliphatic rings. The molecule has 5 nitrogen and oxygen atoms in total. The molecular formula is C36H49NO4. The highest BCUT2D eigenvalue weighted by Gasteiger charge is 2.37. The number of unbranched alkanes of at least 4 members (excludes halogenated alkanes) is 1. The Morgan fingerprint density at radius 2 is 1.71 bits per heavy atom. The van der Waals surface area contributed by atoms with Crippen molar-refractivity contribution in [2.75, 3.05) is 26.5 Å². The number of ether oxygens (including phenoxy) is 3. The minimum Gasteiger partial charge on any atom is -0.493 e. The molecular weight excluding hydrogens is 510 g/mol. The van der Waals surface area contributed by atoms with E-state index >= 15 is 0 Å². The van der Waals surface area contributed by atoms with Gasteiger partial charge >= 0.3 is 0 Å². The summed E-state index contributed by atoms with van der Waals surface area (Å²) in [5.41, 5.74) is 3.52. The van der Waals surface area contributed by atoms with Crippen molar-refractivity contribution in [1.29, 1.82) is 0 Å². The zero-order valence-corrected chi connectivity index (χ0v) is 26.0. The highest BCUT2D eigenvalue weighted by molar-refractivity contribution is 5.95. The Kier molecular flexibility index (Phi) is 8.73. The van der Waals surface area contributed by atoms with Gasteiger partial charge in [-0.2, -0.15) is 0 Å². The minimum atomic E-state index is 0.0398. The van der Waals surface area contributed by atoms with E-state index in [9.17, 15) is 4.79 Å². The minimum absolute atomic E-state index is 0.0398. The molecule has 1 fully saturated rings. The lowest BCUT2D eigenvalue weighted by atomic mass is 9.76. The summed E-state index contributed by atoms with van der Waals surface area (Å²) in [5, 5.41) is 0. The van der Waals surface area contributed by atoms with E-state index < -0.39 is 0 Å². The lowest BCUT2D eigenvalue weighted by Gasteiger charge is -2.30. The molecule has 0 aromatic heterocycles. The van der Waals surface area contributed by atoms with Crippen molar-refractivity contribution in [3.05, 3.63) is 65.2 Å². The zero-order chi connectivity index (χ0) is 29.2. The quantitative estimate of drug-likeness (QED) is 0.183. The van der Waals surface area contributed by atoms with Crippen molar-refractivity contribution in [3.8, 4) is 17.2 Å². The Hall–Kier alpha value is -2.95. The van der Waals surface area contributed by atoms with Gasteiger partial charge in [0.05, 0.1) is 6.61 Å². The molecule has 5 rings (SSSR count). The van der Waals surface area contributed by atoms with Gasteiger partial charge in [0.1, 0.15) is 5.75 Å². The molecule has 0 radical (unpaired) electrons. The number of benzene rings is 2. The fourth-order valence-electron chi connectivity index (χ4n) is 6.46. The molecule has 1 aliphatic heterocycles. The molecule has 3 unspecified atom stereocenters. The second-order valence-corrected chi connectivity index (χ2v) is 13.6. The molecule has 2 aromatic carbocycles. The van der Waals surface area contributed by atoms with Crippen LogP contribution in [0.4, 0.5) is 0 Å². The molecule has 2 aromatic rings. The van der Waals surface area contributed by atoms with Crippen LogP contribution in [0, 0.1) is 17.8 Å². The van der Waals surface area contributed by atoms with Gasteiger partial charge in [0.2, 0.25) is 6.79 Å². The molecule has 1 amide bonds. The molecule has 2 bridgehead atoms. The van der Waals surface area contributed by atoms with Crippen LogP contribution in [0.15, 0.2) is 48.6 Å². The first-order valence-corrected chi connectivity index (χ1v) is 15.8. The summed E-state index contributed by atoms with van der Waals surface area (Å²) in [6, 6.07) is 12.3. The Labute approximate surface area is 247 Å². The highest BCUT2D eigenvalue weighted by Crippen LogP contribution is 2.44. The summed E-state index contributed by atoms with van der Waals surface area (Å²) >= 11 is 0. The van der Waals surface area contributed by atoms with E-state index in [1.165, 1.54) is 24.0 Å². The van der Waals surface area contributed by atoms with Crippen molar-refractivity contribution >= 4 is 5.91 Å². The molecule has 0 spiro atoms. The number of hydrogen-bond donors (Lipinski definition) is 0. The van der Waals surface area contributed by atoms with Crippen LogP contribution < -0.4 is 14.2 Å². The largest absolute Gasteiger partial charge is 0.493 e. The Bertz CT molecular complexity index is 1260. The molecule has 2 aliphatic carbocycles. The van der Waals surface area contributed by atoms with Crippen LogP contribution in [0.3, 0.4) is 0 Å². The third-order valence-electron chi connectivity index (χ3n) is 10.1. The maximum absolute atomic E-state index is 13.7. The van der Waals surface area contributed by atoms with Crippen LogP contribution in [0.5, 0.6) is 17.2 Å². The number of carbonyl (C=O) groups excluding carboxylic acids is 1. The van der Waals surface area contributed by atoms with E-state index in [-0.39, 0.29) is 23.5 Å². The van der Waals surface area contributed by atoms with Crippen LogP contribution in [0.25, 0.3) is 0 Å². The summed E-state index contributed by atoms with van der Waals surface area (Å²) < 4.78 is 17.4. The molecule has 3 atom stereocenters. The summed E-state index contributed by atoms with van der Waals surface area (Å²) in [6.07, 6.45) is 11.1. The molecule has 222 valence electrons. The van der Waals surface area contributed by atoms with Crippen molar-refractivity contribution in [1.82, 2.24) is 4.90 Å². The van der Waals surface area contributed by atoms with Gasteiger partial charge in [-0.1, -0.05) is 65.8 Å². The number of rotatable bonds is 13. The second-order valence-electron chi connectivity index (χ2n) is 13.6. The third-order valence-corrected chi connectivity index (χ3v) is 10.1. The van der Waals surface area contributed by atoms with E-state index in [0.717, 1.165) is 44.5 Å². The number of hydrogen-bond acceptors (Lipinski definition) is 4. The van der Waals surface area contributed by atoms with Gasteiger partial charge in [0.25, 0.3) is 5.91 Å². The number of allylic oxidation sites excluding steroid dienone is 2. The predicted octanol–water partition coefficient (Wildman–Crippen LogP) is 8.30. The Balaban J connectivity index is 1.23. The molecule has 0 saturated heterocycles. The molecule has 0 N–H and O–H groups in total. The lowest BCUT2D eigenvalue weighted by molar-refractivity contribution is 0.0713. The zero-order valence-electron chi connectivity index (χ0n) is 26.0. The summed E-state index contributed by atoms with van der Waals surface area (Å²) in [5.74, 6) is 4.29. The van der Waals surface area contributed by atoms with E-state index in [1.807, 2.05) is 18.2 Å². The lowest BCUT2D eigenvalue weighted by Crippen LogP contribution is -2.37. The summed E-state index contributed by atoms with van der Waals surface area (Å²) in [6.45, 7) is 16.1. The van der Waals surface area contributed by atoms with Gasteiger partial charge < -0.3 is 19.1 Å². The Morgan fingerprint density at radius 1 is 0.927 bits per heavy atom. The van der Waals surface area contributed by atoms with E-state index in [0.29, 0.717) is 41.4 Å². The van der Waals surface area contributed by atoms with Crippen molar-refractivity contribution in [2.24, 2.45) is 17.8 Å². The first kappa shape index (κ1) is 29.5. The first-order valence-electron chi connectivity index (χ1n) is 15.8. The van der Waals surface area contributed by atoms with Crippen LogP contribution in [-0.2, 0) is 10.8 Å².